The zero-order valence-electron chi connectivity index (χ0n) is 16.2. The Morgan fingerprint density at radius 1 is 1.33 bits per heavy atom. The minimum absolute atomic E-state index is 0.0130. The van der Waals surface area contributed by atoms with Crippen LogP contribution in [0.1, 0.15) is 49.1 Å². The summed E-state index contributed by atoms with van der Waals surface area (Å²) in [5, 5.41) is 5.43. The normalized spacial score (nSPS) is 19.4. The third kappa shape index (κ3) is 3.22. The Balaban J connectivity index is 1.63. The van der Waals surface area contributed by atoms with E-state index < -0.39 is 0 Å². The zero-order chi connectivity index (χ0) is 19.0. The SMILES string of the molecule is CCC(CCC1OCCc2c1[nH]c1ccc(F)cc21)(c1ccsc1)N(C)C. The zero-order valence-corrected chi connectivity index (χ0v) is 17.0. The third-order valence-corrected chi connectivity index (χ3v) is 6.90. The summed E-state index contributed by atoms with van der Waals surface area (Å²) in [6.07, 6.45) is 3.88. The molecule has 3 nitrogen and oxygen atoms in total. The number of nitrogens with zero attached hydrogens (tertiary/aromatic N) is 1. The lowest BCUT2D eigenvalue weighted by atomic mass is 9.82. The predicted molar refractivity (Wildman–Crippen MR) is 110 cm³/mol. The number of hydrogen-bond donors (Lipinski definition) is 1. The van der Waals surface area contributed by atoms with Gasteiger partial charge in [0, 0.05) is 22.1 Å². The van der Waals surface area contributed by atoms with Gasteiger partial charge in [0.15, 0.2) is 0 Å². The van der Waals surface area contributed by atoms with Gasteiger partial charge in [-0.3, -0.25) is 4.90 Å². The number of ether oxygens (including phenoxy) is 1. The van der Waals surface area contributed by atoms with Gasteiger partial charge in [-0.05, 0) is 85.9 Å². The Bertz CT molecular complexity index is 918. The standard InChI is InChI=1S/C22H27FN2OS/c1-4-22(25(2)3,15-9-12-27-14-15)10-7-20-21-17(8-11-26-20)18-13-16(23)5-6-19(18)24-21/h5-6,9,12-14,20,24H,4,7-8,10-11H2,1-3H3. The summed E-state index contributed by atoms with van der Waals surface area (Å²) in [5.41, 5.74) is 4.76. The molecule has 2 aromatic heterocycles. The van der Waals surface area contributed by atoms with E-state index >= 15 is 0 Å². The summed E-state index contributed by atoms with van der Waals surface area (Å²) in [5.74, 6) is -0.178. The number of hydrogen-bond acceptors (Lipinski definition) is 3. The number of nitrogens with one attached hydrogen (secondary N) is 1. The van der Waals surface area contributed by atoms with Gasteiger partial charge in [-0.1, -0.05) is 6.92 Å². The monoisotopic (exact) mass is 386 g/mol. The molecule has 144 valence electrons. The average molecular weight is 387 g/mol. The van der Waals surface area contributed by atoms with Crippen LogP contribution in [0.15, 0.2) is 35.0 Å². The molecule has 0 saturated carbocycles. The van der Waals surface area contributed by atoms with Crippen LogP contribution in [0, 0.1) is 5.82 Å². The summed E-state index contributed by atoms with van der Waals surface area (Å²) in [4.78, 5) is 5.86. The molecule has 4 rings (SSSR count). The molecule has 0 bridgehead atoms. The first-order valence-electron chi connectivity index (χ1n) is 9.67. The van der Waals surface area contributed by atoms with E-state index in [-0.39, 0.29) is 17.5 Å². The molecule has 1 aromatic carbocycles. The van der Waals surface area contributed by atoms with E-state index in [1.165, 1.54) is 17.2 Å². The largest absolute Gasteiger partial charge is 0.372 e. The van der Waals surface area contributed by atoms with Crippen LogP contribution >= 0.6 is 11.3 Å². The number of aromatic amines is 1. The first-order valence-corrected chi connectivity index (χ1v) is 10.6. The van der Waals surface area contributed by atoms with Crippen molar-refractivity contribution in [1.29, 1.82) is 0 Å². The quantitative estimate of drug-likeness (QED) is 0.595. The first-order chi connectivity index (χ1) is 13.0. The second-order valence-electron chi connectivity index (χ2n) is 7.65. The van der Waals surface area contributed by atoms with Gasteiger partial charge in [0.05, 0.1) is 12.7 Å². The van der Waals surface area contributed by atoms with Gasteiger partial charge in [-0.25, -0.2) is 4.39 Å². The summed E-state index contributed by atoms with van der Waals surface area (Å²) < 4.78 is 19.9. The second-order valence-corrected chi connectivity index (χ2v) is 8.43. The molecular weight excluding hydrogens is 359 g/mol. The molecule has 0 fully saturated rings. The van der Waals surface area contributed by atoms with Crippen LogP contribution < -0.4 is 0 Å². The number of H-pyrrole nitrogens is 1. The summed E-state index contributed by atoms with van der Waals surface area (Å²) in [6.45, 7) is 2.96. The Labute approximate surface area is 164 Å². The van der Waals surface area contributed by atoms with Crippen molar-refractivity contribution >= 4 is 22.2 Å². The smallest absolute Gasteiger partial charge is 0.123 e. The van der Waals surface area contributed by atoms with E-state index in [4.69, 9.17) is 4.74 Å². The summed E-state index contributed by atoms with van der Waals surface area (Å²) in [6, 6.07) is 7.24. The van der Waals surface area contributed by atoms with Crippen molar-refractivity contribution in [2.24, 2.45) is 0 Å². The molecule has 2 atom stereocenters. The minimum atomic E-state index is -0.178. The molecular formula is C22H27FN2OS. The highest BCUT2D eigenvalue weighted by Crippen LogP contribution is 2.41. The molecule has 3 heterocycles. The maximum atomic E-state index is 13.7. The summed E-state index contributed by atoms with van der Waals surface area (Å²) in [7, 11) is 4.33. The maximum Gasteiger partial charge on any atom is 0.123 e. The van der Waals surface area contributed by atoms with Crippen molar-refractivity contribution in [3.8, 4) is 0 Å². The second kappa shape index (κ2) is 7.38. The molecule has 27 heavy (non-hydrogen) atoms. The minimum Gasteiger partial charge on any atom is -0.372 e. The molecule has 0 spiro atoms. The first kappa shape index (κ1) is 18.7. The number of benzene rings is 1. The fourth-order valence-corrected chi connectivity index (χ4v) is 5.37. The topological polar surface area (TPSA) is 28.3 Å². The lowest BCUT2D eigenvalue weighted by molar-refractivity contribution is 0.0168. The molecule has 5 heteroatoms. The van der Waals surface area contributed by atoms with E-state index in [2.05, 4.69) is 47.7 Å². The molecule has 3 aromatic rings. The van der Waals surface area contributed by atoms with Crippen LogP contribution in [0.2, 0.25) is 0 Å². The number of fused-ring (bicyclic) bond motifs is 3. The fraction of sp³-hybridized carbons (Fsp3) is 0.455. The predicted octanol–water partition coefficient (Wildman–Crippen LogP) is 5.63. The highest BCUT2D eigenvalue weighted by Gasteiger charge is 2.35. The van der Waals surface area contributed by atoms with Gasteiger partial charge in [0.25, 0.3) is 0 Å². The molecule has 0 saturated heterocycles. The molecule has 1 aliphatic rings. The van der Waals surface area contributed by atoms with E-state index in [0.717, 1.165) is 42.3 Å². The molecule has 0 radical (unpaired) electrons. The van der Waals surface area contributed by atoms with E-state index in [1.807, 2.05) is 6.07 Å². The van der Waals surface area contributed by atoms with Crippen LogP contribution in [0.4, 0.5) is 4.39 Å². The van der Waals surface area contributed by atoms with Crippen molar-refractivity contribution in [2.45, 2.75) is 44.2 Å². The number of rotatable bonds is 6. The fourth-order valence-electron chi connectivity index (χ4n) is 4.62. The van der Waals surface area contributed by atoms with E-state index in [1.54, 1.807) is 17.4 Å². The highest BCUT2D eigenvalue weighted by atomic mass is 32.1. The van der Waals surface area contributed by atoms with Crippen molar-refractivity contribution in [3.63, 3.8) is 0 Å². The highest BCUT2D eigenvalue weighted by molar-refractivity contribution is 7.08. The lowest BCUT2D eigenvalue weighted by Gasteiger charge is -2.40. The Morgan fingerprint density at radius 2 is 2.19 bits per heavy atom. The van der Waals surface area contributed by atoms with Crippen molar-refractivity contribution in [3.05, 3.63) is 57.7 Å². The van der Waals surface area contributed by atoms with Crippen LogP contribution in [-0.4, -0.2) is 30.6 Å². The van der Waals surface area contributed by atoms with E-state index in [0.29, 0.717) is 6.61 Å². The van der Waals surface area contributed by atoms with Gasteiger partial charge < -0.3 is 9.72 Å². The van der Waals surface area contributed by atoms with Crippen LogP contribution in [-0.2, 0) is 16.7 Å². The molecule has 2 unspecified atom stereocenters. The number of thiophene rings is 1. The Kier molecular flexibility index (Phi) is 5.10. The van der Waals surface area contributed by atoms with Gasteiger partial charge in [-0.2, -0.15) is 11.3 Å². The van der Waals surface area contributed by atoms with Crippen LogP contribution in [0.5, 0.6) is 0 Å². The van der Waals surface area contributed by atoms with Crippen LogP contribution in [0.3, 0.4) is 0 Å². The third-order valence-electron chi connectivity index (χ3n) is 6.21. The summed E-state index contributed by atoms with van der Waals surface area (Å²) >= 11 is 1.75. The van der Waals surface area contributed by atoms with E-state index in [9.17, 15) is 4.39 Å². The van der Waals surface area contributed by atoms with Crippen molar-refractivity contribution in [2.75, 3.05) is 20.7 Å². The van der Waals surface area contributed by atoms with Gasteiger partial charge in [0.1, 0.15) is 5.82 Å². The Morgan fingerprint density at radius 3 is 2.89 bits per heavy atom. The van der Waals surface area contributed by atoms with Gasteiger partial charge in [-0.15, -0.1) is 0 Å². The maximum absolute atomic E-state index is 13.7. The molecule has 1 aliphatic heterocycles. The lowest BCUT2D eigenvalue weighted by Crippen LogP contribution is -2.41. The Hall–Kier alpha value is -1.69. The van der Waals surface area contributed by atoms with Gasteiger partial charge >= 0.3 is 0 Å². The van der Waals surface area contributed by atoms with Crippen molar-refractivity contribution < 1.29 is 9.13 Å². The number of aromatic nitrogens is 1. The van der Waals surface area contributed by atoms with Crippen LogP contribution in [0.25, 0.3) is 10.9 Å². The molecule has 0 aliphatic carbocycles. The molecule has 0 amide bonds. The number of halogens is 1. The average Bonchev–Trinajstić information content (AvgIpc) is 3.31. The van der Waals surface area contributed by atoms with Crippen molar-refractivity contribution in [1.82, 2.24) is 9.88 Å². The molecule has 1 N–H and O–H groups in total. The van der Waals surface area contributed by atoms with Gasteiger partial charge in [0.2, 0.25) is 0 Å².